The second-order valence-corrected chi connectivity index (χ2v) is 9.78. The van der Waals surface area contributed by atoms with Gasteiger partial charge in [-0.25, -0.2) is 15.0 Å². The molecule has 2 aliphatic heterocycles. The molecule has 2 saturated heterocycles. The molecule has 2 aliphatic rings. The number of carbonyl (C=O) groups excluding carboxylic acids is 1. The first-order valence-electron chi connectivity index (χ1n) is 12.2. The van der Waals surface area contributed by atoms with Gasteiger partial charge in [0.2, 0.25) is 11.9 Å². The summed E-state index contributed by atoms with van der Waals surface area (Å²) < 4.78 is 16.5. The summed E-state index contributed by atoms with van der Waals surface area (Å²) in [5.41, 5.74) is 1.76. The summed E-state index contributed by atoms with van der Waals surface area (Å²) in [5, 5.41) is 7.73. The number of methoxy groups -OCH3 is 2. The van der Waals surface area contributed by atoms with E-state index in [-0.39, 0.29) is 18.0 Å². The molecule has 3 aromatic rings. The number of carbonyl (C=O) groups is 1. The van der Waals surface area contributed by atoms with Crippen LogP contribution in [0.2, 0.25) is 10.0 Å². The summed E-state index contributed by atoms with van der Waals surface area (Å²) in [6, 6.07) is 3.15. The standard InChI is InChI=1S/C26H28Cl2N6O4/c1-4-20(35)30-15-6-9-38-13-17(15)32-26-29-12-14-10-16(31-25(24(14)33-26)34-7-5-8-34)21-22(27)18(36-2)11-19(37-3)23(21)28/h4,10-12,15,17H,1,5-9,13H2,2-3H3,(H,30,35)(H,29,32,33)/t15-,17+/m0/s1. The molecular formula is C26H28Cl2N6O4. The summed E-state index contributed by atoms with van der Waals surface area (Å²) in [7, 11) is 3.06. The molecular weight excluding hydrogens is 531 g/mol. The number of halogens is 2. The van der Waals surface area contributed by atoms with Crippen LogP contribution in [0.4, 0.5) is 11.8 Å². The lowest BCUT2D eigenvalue weighted by Crippen LogP contribution is -2.52. The van der Waals surface area contributed by atoms with Gasteiger partial charge in [-0.1, -0.05) is 29.8 Å². The summed E-state index contributed by atoms with van der Waals surface area (Å²) >= 11 is 13.4. The second-order valence-electron chi connectivity index (χ2n) is 9.02. The first kappa shape index (κ1) is 26.3. The van der Waals surface area contributed by atoms with Gasteiger partial charge in [0.15, 0.2) is 5.82 Å². The Kier molecular flexibility index (Phi) is 7.73. The van der Waals surface area contributed by atoms with E-state index in [9.17, 15) is 4.79 Å². The molecule has 5 rings (SSSR count). The molecule has 38 heavy (non-hydrogen) atoms. The number of hydrogen-bond acceptors (Lipinski definition) is 9. The van der Waals surface area contributed by atoms with Gasteiger partial charge in [-0.15, -0.1) is 0 Å². The van der Waals surface area contributed by atoms with Crippen LogP contribution in [0.25, 0.3) is 22.2 Å². The van der Waals surface area contributed by atoms with Crippen LogP contribution in [-0.2, 0) is 9.53 Å². The van der Waals surface area contributed by atoms with Crippen molar-refractivity contribution < 1.29 is 19.0 Å². The highest BCUT2D eigenvalue weighted by atomic mass is 35.5. The fraction of sp³-hybridized carbons (Fsp3) is 0.385. The Labute approximate surface area is 230 Å². The van der Waals surface area contributed by atoms with Crippen molar-refractivity contribution >= 4 is 51.8 Å². The Bertz CT molecular complexity index is 1360. The van der Waals surface area contributed by atoms with Crippen molar-refractivity contribution in [3.8, 4) is 22.8 Å². The Morgan fingerprint density at radius 2 is 1.89 bits per heavy atom. The largest absolute Gasteiger partial charge is 0.495 e. The maximum absolute atomic E-state index is 11.9. The van der Waals surface area contributed by atoms with Gasteiger partial charge in [-0.05, 0) is 25.0 Å². The molecule has 0 radical (unpaired) electrons. The molecule has 2 atom stereocenters. The monoisotopic (exact) mass is 558 g/mol. The maximum Gasteiger partial charge on any atom is 0.243 e. The van der Waals surface area contributed by atoms with E-state index in [0.717, 1.165) is 24.9 Å². The van der Waals surface area contributed by atoms with Crippen molar-refractivity contribution in [2.24, 2.45) is 0 Å². The predicted octanol–water partition coefficient (Wildman–Crippen LogP) is 4.10. The summed E-state index contributed by atoms with van der Waals surface area (Å²) in [6.45, 7) is 6.22. The van der Waals surface area contributed by atoms with Gasteiger partial charge in [0, 0.05) is 42.9 Å². The summed E-state index contributed by atoms with van der Waals surface area (Å²) in [5.74, 6) is 1.75. The highest BCUT2D eigenvalue weighted by Crippen LogP contribution is 2.46. The molecule has 2 fully saturated rings. The number of anilines is 2. The number of rotatable bonds is 8. The summed E-state index contributed by atoms with van der Waals surface area (Å²) in [6.07, 6.45) is 4.72. The highest BCUT2D eigenvalue weighted by molar-refractivity contribution is 6.41. The Hall–Kier alpha value is -3.34. The van der Waals surface area contributed by atoms with E-state index in [0.29, 0.717) is 69.7 Å². The average Bonchev–Trinajstić information content (AvgIpc) is 2.89. The lowest BCUT2D eigenvalue weighted by atomic mass is 10.0. The highest BCUT2D eigenvalue weighted by Gasteiger charge is 2.29. The molecule has 2 N–H and O–H groups in total. The minimum atomic E-state index is -0.230. The summed E-state index contributed by atoms with van der Waals surface area (Å²) in [4.78, 5) is 28.4. The van der Waals surface area contributed by atoms with Gasteiger partial charge in [0.05, 0.1) is 48.6 Å². The molecule has 1 amide bonds. The molecule has 2 aromatic heterocycles. The van der Waals surface area contributed by atoms with E-state index in [1.165, 1.54) is 20.3 Å². The van der Waals surface area contributed by atoms with Crippen LogP contribution >= 0.6 is 23.2 Å². The number of pyridine rings is 1. The zero-order chi connectivity index (χ0) is 26.8. The van der Waals surface area contributed by atoms with E-state index < -0.39 is 0 Å². The maximum atomic E-state index is 11.9. The van der Waals surface area contributed by atoms with Gasteiger partial charge >= 0.3 is 0 Å². The molecule has 0 saturated carbocycles. The number of benzene rings is 1. The lowest BCUT2D eigenvalue weighted by molar-refractivity contribution is -0.117. The first-order chi connectivity index (χ1) is 18.4. The third-order valence-electron chi connectivity index (χ3n) is 6.72. The minimum absolute atomic E-state index is 0.142. The number of fused-ring (bicyclic) bond motifs is 1. The first-order valence-corrected chi connectivity index (χ1v) is 13.0. The SMILES string of the molecule is C=CC(=O)N[C@H]1CCOC[C@H]1Nc1ncc2cc(-c3c(Cl)c(OC)cc(OC)c3Cl)nc(N3CCC3)c2n1. The molecule has 200 valence electrons. The smallest absolute Gasteiger partial charge is 0.243 e. The van der Waals surface area contributed by atoms with Crippen LogP contribution in [0.5, 0.6) is 11.5 Å². The van der Waals surface area contributed by atoms with E-state index in [1.807, 2.05) is 6.07 Å². The van der Waals surface area contributed by atoms with Crippen molar-refractivity contribution in [2.75, 3.05) is 50.7 Å². The van der Waals surface area contributed by atoms with Gasteiger partial charge in [0.25, 0.3) is 0 Å². The zero-order valence-corrected chi connectivity index (χ0v) is 22.6. The average molecular weight is 559 g/mol. The molecule has 1 aromatic carbocycles. The third-order valence-corrected chi connectivity index (χ3v) is 7.47. The van der Waals surface area contributed by atoms with Crippen LogP contribution in [0.1, 0.15) is 12.8 Å². The van der Waals surface area contributed by atoms with Crippen molar-refractivity contribution in [3.05, 3.63) is 41.0 Å². The molecule has 0 spiro atoms. The molecule has 4 heterocycles. The lowest BCUT2D eigenvalue weighted by Gasteiger charge is -2.33. The molecule has 0 bridgehead atoms. The topological polar surface area (TPSA) is 111 Å². The van der Waals surface area contributed by atoms with Crippen LogP contribution in [0, 0.1) is 0 Å². The minimum Gasteiger partial charge on any atom is -0.495 e. The Balaban J connectivity index is 1.56. The predicted molar refractivity (Wildman–Crippen MR) is 148 cm³/mol. The van der Waals surface area contributed by atoms with Crippen LogP contribution < -0.4 is 25.0 Å². The number of nitrogens with one attached hydrogen (secondary N) is 2. The number of hydrogen-bond donors (Lipinski definition) is 2. The van der Waals surface area contributed by atoms with Gasteiger partial charge in [-0.2, -0.15) is 0 Å². The van der Waals surface area contributed by atoms with Gasteiger partial charge < -0.3 is 29.7 Å². The number of amides is 1. The van der Waals surface area contributed by atoms with E-state index >= 15 is 0 Å². The van der Waals surface area contributed by atoms with E-state index in [2.05, 4.69) is 27.1 Å². The van der Waals surface area contributed by atoms with Crippen molar-refractivity contribution in [2.45, 2.75) is 24.9 Å². The zero-order valence-electron chi connectivity index (χ0n) is 21.1. The Morgan fingerprint density at radius 1 is 1.16 bits per heavy atom. The quantitative estimate of drug-likeness (QED) is 0.394. The van der Waals surface area contributed by atoms with Crippen LogP contribution in [0.3, 0.4) is 0 Å². The van der Waals surface area contributed by atoms with Crippen LogP contribution in [-0.4, -0.2) is 73.5 Å². The van der Waals surface area contributed by atoms with Crippen LogP contribution in [0.15, 0.2) is 31.0 Å². The Morgan fingerprint density at radius 3 is 2.53 bits per heavy atom. The number of nitrogens with zero attached hydrogens (tertiary/aromatic N) is 4. The fourth-order valence-electron chi connectivity index (χ4n) is 4.54. The number of ether oxygens (including phenoxy) is 3. The van der Waals surface area contributed by atoms with E-state index in [4.69, 9.17) is 47.4 Å². The van der Waals surface area contributed by atoms with Crippen molar-refractivity contribution in [3.63, 3.8) is 0 Å². The van der Waals surface area contributed by atoms with Gasteiger partial charge in [0.1, 0.15) is 17.0 Å². The molecule has 0 unspecified atom stereocenters. The molecule has 0 aliphatic carbocycles. The second kappa shape index (κ2) is 11.2. The van der Waals surface area contributed by atoms with E-state index in [1.54, 1.807) is 12.3 Å². The molecule has 10 nitrogen and oxygen atoms in total. The van der Waals surface area contributed by atoms with Crippen molar-refractivity contribution in [1.29, 1.82) is 0 Å². The third kappa shape index (κ3) is 5.03. The van der Waals surface area contributed by atoms with Gasteiger partial charge in [-0.3, -0.25) is 4.79 Å². The molecule has 12 heteroatoms. The normalized spacial score (nSPS) is 19.0. The van der Waals surface area contributed by atoms with Crippen molar-refractivity contribution in [1.82, 2.24) is 20.3 Å². The fourth-order valence-corrected chi connectivity index (χ4v) is 5.23. The number of aromatic nitrogens is 3.